The lowest BCUT2D eigenvalue weighted by Crippen LogP contribution is -2.20. The summed E-state index contributed by atoms with van der Waals surface area (Å²) in [7, 11) is 1.49. The number of methoxy groups -OCH3 is 1. The molecular formula is C14H17N3O4. The van der Waals surface area contributed by atoms with Gasteiger partial charge < -0.3 is 15.2 Å². The Morgan fingerprint density at radius 2 is 2.19 bits per heavy atom. The number of nitrogens with one attached hydrogen (secondary N) is 1. The van der Waals surface area contributed by atoms with Gasteiger partial charge in [0.1, 0.15) is 0 Å². The zero-order chi connectivity index (χ0) is 15.2. The van der Waals surface area contributed by atoms with Crippen LogP contribution < -0.4 is 20.6 Å². The number of hydrogen-bond acceptors (Lipinski definition) is 5. The van der Waals surface area contributed by atoms with Crippen molar-refractivity contribution in [3.63, 3.8) is 0 Å². The molecule has 2 amide bonds. The first-order chi connectivity index (χ1) is 10.1. The molecule has 0 saturated heterocycles. The second kappa shape index (κ2) is 6.74. The molecule has 7 nitrogen and oxygen atoms in total. The molecule has 1 aromatic carbocycles. The van der Waals surface area contributed by atoms with E-state index in [4.69, 9.17) is 15.2 Å². The van der Waals surface area contributed by atoms with Crippen molar-refractivity contribution in [1.29, 1.82) is 0 Å². The van der Waals surface area contributed by atoms with Crippen LogP contribution >= 0.6 is 0 Å². The first kappa shape index (κ1) is 14.8. The van der Waals surface area contributed by atoms with E-state index in [1.807, 2.05) is 0 Å². The Kier molecular flexibility index (Phi) is 4.76. The summed E-state index contributed by atoms with van der Waals surface area (Å²) in [5.41, 5.74) is 8.23. The van der Waals surface area contributed by atoms with Crippen LogP contribution in [0.3, 0.4) is 0 Å². The summed E-state index contributed by atoms with van der Waals surface area (Å²) in [5.74, 6) is 0.357. The number of amides is 2. The zero-order valence-electron chi connectivity index (χ0n) is 11.7. The van der Waals surface area contributed by atoms with E-state index in [1.165, 1.54) is 13.3 Å². The maximum atomic E-state index is 11.4. The van der Waals surface area contributed by atoms with Gasteiger partial charge in [0.2, 0.25) is 5.91 Å². The number of hydrazone groups is 1. The van der Waals surface area contributed by atoms with Gasteiger partial charge in [0, 0.05) is 5.92 Å². The highest BCUT2D eigenvalue weighted by Crippen LogP contribution is 2.29. The number of nitrogens with two attached hydrogens (primary N) is 1. The summed E-state index contributed by atoms with van der Waals surface area (Å²) in [6.07, 6.45) is 3.38. The highest BCUT2D eigenvalue weighted by atomic mass is 16.5. The third kappa shape index (κ3) is 4.48. The van der Waals surface area contributed by atoms with Crippen molar-refractivity contribution in [2.24, 2.45) is 16.8 Å². The first-order valence-electron chi connectivity index (χ1n) is 6.52. The van der Waals surface area contributed by atoms with Crippen LogP contribution in [0.2, 0.25) is 0 Å². The van der Waals surface area contributed by atoms with Crippen LogP contribution in [0.25, 0.3) is 0 Å². The van der Waals surface area contributed by atoms with E-state index >= 15 is 0 Å². The number of nitrogens with zero attached hydrogens (tertiary/aromatic N) is 1. The van der Waals surface area contributed by atoms with Gasteiger partial charge in [0.15, 0.2) is 18.1 Å². The Hall–Kier alpha value is -2.57. The quantitative estimate of drug-likeness (QED) is 0.561. The molecule has 0 spiro atoms. The number of benzene rings is 1. The number of hydrogen-bond donors (Lipinski definition) is 2. The summed E-state index contributed by atoms with van der Waals surface area (Å²) in [6, 6.07) is 5.06. The number of rotatable bonds is 7. The average Bonchev–Trinajstić information content (AvgIpc) is 3.30. The maximum absolute atomic E-state index is 11.4. The predicted octanol–water partition coefficient (Wildman–Crippen LogP) is 0.419. The van der Waals surface area contributed by atoms with Crippen LogP contribution in [0, 0.1) is 5.92 Å². The van der Waals surface area contributed by atoms with Crippen molar-refractivity contribution in [2.45, 2.75) is 12.8 Å². The third-order valence-corrected chi connectivity index (χ3v) is 2.89. The zero-order valence-corrected chi connectivity index (χ0v) is 11.7. The Morgan fingerprint density at radius 1 is 1.43 bits per heavy atom. The van der Waals surface area contributed by atoms with Gasteiger partial charge in [0.05, 0.1) is 13.3 Å². The van der Waals surface area contributed by atoms with Crippen molar-refractivity contribution in [1.82, 2.24) is 5.43 Å². The van der Waals surface area contributed by atoms with Crippen LogP contribution in [0.5, 0.6) is 11.5 Å². The standard InChI is InChI=1S/C14H17N3O4/c1-20-12-6-9(2-5-11(12)21-8-13(15)18)7-16-17-14(19)10-3-4-10/h2,5-7,10H,3-4,8H2,1H3,(H2,15,18)(H,17,19)/b16-7-. The lowest BCUT2D eigenvalue weighted by molar-refractivity contribution is -0.122. The molecule has 0 unspecified atom stereocenters. The molecule has 1 aromatic rings. The summed E-state index contributed by atoms with van der Waals surface area (Å²) in [6.45, 7) is -0.221. The number of ether oxygens (including phenoxy) is 2. The number of carbonyl (C=O) groups excluding carboxylic acids is 2. The fourth-order valence-corrected chi connectivity index (χ4v) is 1.64. The van der Waals surface area contributed by atoms with E-state index in [1.54, 1.807) is 18.2 Å². The van der Waals surface area contributed by atoms with Gasteiger partial charge in [-0.2, -0.15) is 5.10 Å². The minimum absolute atomic E-state index is 0.0559. The molecule has 0 atom stereocenters. The molecule has 0 aliphatic heterocycles. The van der Waals surface area contributed by atoms with Gasteiger partial charge in [0.25, 0.3) is 5.91 Å². The molecule has 0 aromatic heterocycles. The van der Waals surface area contributed by atoms with Crippen LogP contribution in [-0.4, -0.2) is 31.7 Å². The van der Waals surface area contributed by atoms with Crippen LogP contribution in [-0.2, 0) is 9.59 Å². The summed E-state index contributed by atoms with van der Waals surface area (Å²) < 4.78 is 10.4. The molecule has 1 aliphatic carbocycles. The molecule has 0 heterocycles. The third-order valence-electron chi connectivity index (χ3n) is 2.89. The molecule has 1 saturated carbocycles. The minimum Gasteiger partial charge on any atom is -0.493 e. The largest absolute Gasteiger partial charge is 0.493 e. The molecule has 21 heavy (non-hydrogen) atoms. The highest BCUT2D eigenvalue weighted by Gasteiger charge is 2.29. The van der Waals surface area contributed by atoms with Crippen molar-refractivity contribution in [2.75, 3.05) is 13.7 Å². The van der Waals surface area contributed by atoms with Gasteiger partial charge in [-0.05, 0) is 36.6 Å². The fourth-order valence-electron chi connectivity index (χ4n) is 1.64. The number of carbonyl (C=O) groups is 2. The van der Waals surface area contributed by atoms with E-state index in [0.717, 1.165) is 18.4 Å². The Labute approximate surface area is 122 Å². The Morgan fingerprint density at radius 3 is 2.81 bits per heavy atom. The lowest BCUT2D eigenvalue weighted by atomic mass is 10.2. The second-order valence-corrected chi connectivity index (χ2v) is 4.67. The molecule has 3 N–H and O–H groups in total. The molecule has 0 bridgehead atoms. The molecule has 7 heteroatoms. The number of primary amides is 1. The van der Waals surface area contributed by atoms with E-state index in [9.17, 15) is 9.59 Å². The Balaban J connectivity index is 1.98. The predicted molar refractivity (Wildman–Crippen MR) is 76.1 cm³/mol. The minimum atomic E-state index is -0.564. The fraction of sp³-hybridized carbons (Fsp3) is 0.357. The van der Waals surface area contributed by atoms with Gasteiger partial charge in [-0.1, -0.05) is 0 Å². The molecular weight excluding hydrogens is 274 g/mol. The van der Waals surface area contributed by atoms with Gasteiger partial charge in [-0.25, -0.2) is 5.43 Å². The first-order valence-corrected chi connectivity index (χ1v) is 6.52. The average molecular weight is 291 g/mol. The van der Waals surface area contributed by atoms with Crippen LogP contribution in [0.4, 0.5) is 0 Å². The second-order valence-electron chi connectivity index (χ2n) is 4.67. The van der Waals surface area contributed by atoms with E-state index < -0.39 is 5.91 Å². The van der Waals surface area contributed by atoms with Gasteiger partial charge in [-0.15, -0.1) is 0 Å². The normalized spacial score (nSPS) is 14.0. The van der Waals surface area contributed by atoms with E-state index in [2.05, 4.69) is 10.5 Å². The van der Waals surface area contributed by atoms with Gasteiger partial charge in [-0.3, -0.25) is 9.59 Å². The van der Waals surface area contributed by atoms with E-state index in [0.29, 0.717) is 11.5 Å². The van der Waals surface area contributed by atoms with Crippen molar-refractivity contribution >= 4 is 18.0 Å². The SMILES string of the molecule is COc1cc(/C=N\NC(=O)C2CC2)ccc1OCC(N)=O. The van der Waals surface area contributed by atoms with Gasteiger partial charge >= 0.3 is 0 Å². The molecule has 1 aliphatic rings. The Bertz CT molecular complexity index is 567. The smallest absolute Gasteiger partial charge is 0.255 e. The topological polar surface area (TPSA) is 103 Å². The maximum Gasteiger partial charge on any atom is 0.255 e. The summed E-state index contributed by atoms with van der Waals surface area (Å²) in [4.78, 5) is 22.1. The van der Waals surface area contributed by atoms with Crippen molar-refractivity contribution in [3.05, 3.63) is 23.8 Å². The molecule has 112 valence electrons. The van der Waals surface area contributed by atoms with Crippen LogP contribution in [0.15, 0.2) is 23.3 Å². The summed E-state index contributed by atoms with van der Waals surface area (Å²) in [5, 5.41) is 3.89. The van der Waals surface area contributed by atoms with Crippen LogP contribution in [0.1, 0.15) is 18.4 Å². The molecule has 2 rings (SSSR count). The lowest BCUT2D eigenvalue weighted by Gasteiger charge is -2.09. The highest BCUT2D eigenvalue weighted by molar-refractivity contribution is 5.85. The summed E-state index contributed by atoms with van der Waals surface area (Å²) >= 11 is 0. The molecule has 1 fully saturated rings. The van der Waals surface area contributed by atoms with E-state index in [-0.39, 0.29) is 18.4 Å². The molecule has 0 radical (unpaired) electrons. The van der Waals surface area contributed by atoms with Crippen molar-refractivity contribution < 1.29 is 19.1 Å². The monoisotopic (exact) mass is 291 g/mol. The van der Waals surface area contributed by atoms with Crippen molar-refractivity contribution in [3.8, 4) is 11.5 Å².